The molecular formula is C19H14N4O2. The minimum atomic E-state index is -0.188. The Kier molecular flexibility index (Phi) is 3.70. The zero-order chi connectivity index (χ0) is 17.2. The average molecular weight is 330 g/mol. The molecule has 0 saturated carbocycles. The summed E-state index contributed by atoms with van der Waals surface area (Å²) in [6, 6.07) is 16.5. The van der Waals surface area contributed by atoms with Crippen LogP contribution in [-0.2, 0) is 0 Å². The number of fused-ring (bicyclic) bond motifs is 1. The third-order valence-corrected chi connectivity index (χ3v) is 3.83. The van der Waals surface area contributed by atoms with Crippen molar-refractivity contribution in [3.05, 3.63) is 72.2 Å². The lowest BCUT2D eigenvalue weighted by Gasteiger charge is -2.08. The fourth-order valence-corrected chi connectivity index (χ4v) is 2.59. The predicted octanol–water partition coefficient (Wildman–Crippen LogP) is 3.85. The van der Waals surface area contributed by atoms with Crippen LogP contribution in [-0.4, -0.2) is 21.0 Å². The number of amides is 1. The Balaban J connectivity index is 1.58. The Morgan fingerprint density at radius 3 is 2.64 bits per heavy atom. The zero-order valence-electron chi connectivity index (χ0n) is 13.4. The molecule has 0 fully saturated rings. The maximum atomic E-state index is 12.5. The first-order chi connectivity index (χ1) is 12.2. The predicted molar refractivity (Wildman–Crippen MR) is 94.2 cm³/mol. The molecule has 0 aliphatic carbocycles. The maximum absolute atomic E-state index is 12.5. The van der Waals surface area contributed by atoms with E-state index in [2.05, 4.69) is 20.4 Å². The van der Waals surface area contributed by atoms with E-state index >= 15 is 0 Å². The molecule has 2 aromatic carbocycles. The lowest BCUT2D eigenvalue weighted by atomic mass is 10.1. The summed E-state index contributed by atoms with van der Waals surface area (Å²) in [7, 11) is 0. The molecule has 1 amide bonds. The van der Waals surface area contributed by atoms with Crippen molar-refractivity contribution < 1.29 is 9.32 Å². The summed E-state index contributed by atoms with van der Waals surface area (Å²) in [5, 5.41) is 7.70. The summed E-state index contributed by atoms with van der Waals surface area (Å²) in [5.41, 5.74) is 2.91. The lowest BCUT2D eigenvalue weighted by molar-refractivity contribution is 0.102. The van der Waals surface area contributed by atoms with E-state index in [9.17, 15) is 4.79 Å². The van der Waals surface area contributed by atoms with Crippen LogP contribution in [0.4, 0.5) is 5.69 Å². The van der Waals surface area contributed by atoms with Gasteiger partial charge in [-0.2, -0.15) is 4.98 Å². The number of hydrogen-bond acceptors (Lipinski definition) is 5. The molecule has 6 nitrogen and oxygen atoms in total. The molecule has 0 atom stereocenters. The highest BCUT2D eigenvalue weighted by Crippen LogP contribution is 2.22. The molecular weight excluding hydrogens is 316 g/mol. The number of pyridine rings is 1. The van der Waals surface area contributed by atoms with Crippen LogP contribution < -0.4 is 5.32 Å². The van der Waals surface area contributed by atoms with Crippen molar-refractivity contribution in [2.45, 2.75) is 6.92 Å². The number of carbonyl (C=O) groups excluding carboxylic acids is 1. The van der Waals surface area contributed by atoms with Gasteiger partial charge in [0.05, 0.1) is 11.2 Å². The highest BCUT2D eigenvalue weighted by atomic mass is 16.5. The number of rotatable bonds is 3. The molecule has 0 aliphatic heterocycles. The first kappa shape index (κ1) is 15.0. The summed E-state index contributed by atoms with van der Waals surface area (Å²) in [6.45, 7) is 1.73. The van der Waals surface area contributed by atoms with E-state index in [4.69, 9.17) is 4.52 Å². The van der Waals surface area contributed by atoms with Crippen LogP contribution in [0.25, 0.3) is 22.3 Å². The third kappa shape index (κ3) is 2.97. The number of aryl methyl sites for hydroxylation is 1. The monoisotopic (exact) mass is 330 g/mol. The second-order valence-electron chi connectivity index (χ2n) is 5.54. The van der Waals surface area contributed by atoms with E-state index in [-0.39, 0.29) is 5.91 Å². The third-order valence-electron chi connectivity index (χ3n) is 3.83. The largest absolute Gasteiger partial charge is 0.339 e. The fourth-order valence-electron chi connectivity index (χ4n) is 2.59. The lowest BCUT2D eigenvalue weighted by Crippen LogP contribution is -2.12. The van der Waals surface area contributed by atoms with Crippen LogP contribution in [0.2, 0.25) is 0 Å². The number of hydrogen-bond donors (Lipinski definition) is 1. The molecule has 0 radical (unpaired) electrons. The quantitative estimate of drug-likeness (QED) is 0.617. The molecule has 0 bridgehead atoms. The highest BCUT2D eigenvalue weighted by Gasteiger charge is 2.10. The number of nitrogens with one attached hydrogen (secondary N) is 1. The normalized spacial score (nSPS) is 10.8. The van der Waals surface area contributed by atoms with Crippen molar-refractivity contribution in [2.24, 2.45) is 0 Å². The van der Waals surface area contributed by atoms with Crippen LogP contribution in [0.15, 0.2) is 65.3 Å². The summed E-state index contributed by atoms with van der Waals surface area (Å²) >= 11 is 0. The van der Waals surface area contributed by atoms with Crippen LogP contribution in [0.3, 0.4) is 0 Å². The molecule has 0 aliphatic rings. The van der Waals surface area contributed by atoms with Crippen molar-refractivity contribution in [1.82, 2.24) is 15.1 Å². The standard InChI is InChI=1S/C19H14N4O2/c1-12-21-18(23-25-12)13-7-9-14(10-8-13)19(24)22-17-6-2-5-16-15(17)4-3-11-20-16/h2-11H,1H3,(H,22,24). The van der Waals surface area contributed by atoms with Gasteiger partial charge in [0.15, 0.2) is 0 Å². The van der Waals surface area contributed by atoms with E-state index in [0.29, 0.717) is 17.3 Å². The van der Waals surface area contributed by atoms with Gasteiger partial charge in [0.25, 0.3) is 5.91 Å². The second kappa shape index (κ2) is 6.16. The van der Waals surface area contributed by atoms with Crippen molar-refractivity contribution in [2.75, 3.05) is 5.32 Å². The Bertz CT molecular complexity index is 1050. The molecule has 0 unspecified atom stereocenters. The summed E-state index contributed by atoms with van der Waals surface area (Å²) < 4.78 is 4.97. The van der Waals surface area contributed by atoms with Crippen LogP contribution in [0, 0.1) is 6.92 Å². The summed E-state index contributed by atoms with van der Waals surface area (Å²) in [5.74, 6) is 0.818. The van der Waals surface area contributed by atoms with E-state index in [0.717, 1.165) is 22.2 Å². The summed E-state index contributed by atoms with van der Waals surface area (Å²) in [4.78, 5) is 21.0. The fraction of sp³-hybridized carbons (Fsp3) is 0.0526. The molecule has 4 rings (SSSR count). The minimum Gasteiger partial charge on any atom is -0.339 e. The second-order valence-corrected chi connectivity index (χ2v) is 5.54. The van der Waals surface area contributed by atoms with Gasteiger partial charge in [-0.1, -0.05) is 23.4 Å². The van der Waals surface area contributed by atoms with Gasteiger partial charge in [-0.15, -0.1) is 0 Å². The smallest absolute Gasteiger partial charge is 0.255 e. The van der Waals surface area contributed by atoms with Crippen molar-refractivity contribution in [1.29, 1.82) is 0 Å². The van der Waals surface area contributed by atoms with E-state index in [1.54, 1.807) is 37.4 Å². The van der Waals surface area contributed by atoms with Crippen molar-refractivity contribution in [3.8, 4) is 11.4 Å². The average Bonchev–Trinajstić information content (AvgIpc) is 3.08. The minimum absolute atomic E-state index is 0.188. The van der Waals surface area contributed by atoms with Gasteiger partial charge in [0.2, 0.25) is 11.7 Å². The molecule has 6 heteroatoms. The molecule has 25 heavy (non-hydrogen) atoms. The van der Waals surface area contributed by atoms with E-state index in [1.165, 1.54) is 0 Å². The number of carbonyl (C=O) groups is 1. The first-order valence-electron chi connectivity index (χ1n) is 7.76. The van der Waals surface area contributed by atoms with E-state index < -0.39 is 0 Å². The van der Waals surface area contributed by atoms with Crippen LogP contribution in [0.5, 0.6) is 0 Å². The van der Waals surface area contributed by atoms with Crippen molar-refractivity contribution in [3.63, 3.8) is 0 Å². The van der Waals surface area contributed by atoms with Gasteiger partial charge in [0, 0.05) is 29.6 Å². The molecule has 0 saturated heterocycles. The molecule has 4 aromatic rings. The van der Waals surface area contributed by atoms with Gasteiger partial charge in [-0.25, -0.2) is 0 Å². The van der Waals surface area contributed by atoms with Gasteiger partial charge in [-0.05, 0) is 36.4 Å². The number of aromatic nitrogens is 3. The van der Waals surface area contributed by atoms with Crippen molar-refractivity contribution >= 4 is 22.5 Å². The number of benzene rings is 2. The van der Waals surface area contributed by atoms with Crippen LogP contribution in [0.1, 0.15) is 16.2 Å². The molecule has 0 spiro atoms. The SMILES string of the molecule is Cc1nc(-c2ccc(C(=O)Nc3cccc4ncccc34)cc2)no1. The Hall–Kier alpha value is -3.54. The Labute approximate surface area is 143 Å². The van der Waals surface area contributed by atoms with Gasteiger partial charge in [0.1, 0.15) is 0 Å². The highest BCUT2D eigenvalue weighted by molar-refractivity contribution is 6.08. The van der Waals surface area contributed by atoms with Crippen LogP contribution >= 0.6 is 0 Å². The van der Waals surface area contributed by atoms with Gasteiger partial charge < -0.3 is 9.84 Å². The first-order valence-corrected chi connectivity index (χ1v) is 7.76. The number of anilines is 1. The Morgan fingerprint density at radius 1 is 1.04 bits per heavy atom. The maximum Gasteiger partial charge on any atom is 0.255 e. The molecule has 1 N–H and O–H groups in total. The molecule has 2 aromatic heterocycles. The van der Waals surface area contributed by atoms with Gasteiger partial charge in [-0.3, -0.25) is 9.78 Å². The topological polar surface area (TPSA) is 80.9 Å². The molecule has 122 valence electrons. The van der Waals surface area contributed by atoms with E-state index in [1.807, 2.05) is 30.3 Å². The Morgan fingerprint density at radius 2 is 1.88 bits per heavy atom. The number of nitrogens with zero attached hydrogens (tertiary/aromatic N) is 3. The summed E-state index contributed by atoms with van der Waals surface area (Å²) in [6.07, 6.45) is 1.73. The van der Waals surface area contributed by atoms with Gasteiger partial charge >= 0.3 is 0 Å². The molecule has 2 heterocycles. The zero-order valence-corrected chi connectivity index (χ0v) is 13.4.